The van der Waals surface area contributed by atoms with E-state index in [0.29, 0.717) is 12.4 Å². The lowest BCUT2D eigenvalue weighted by atomic mass is 10.3. The van der Waals surface area contributed by atoms with Crippen LogP contribution in [0.2, 0.25) is 0 Å². The fourth-order valence-corrected chi connectivity index (χ4v) is 1.66. The van der Waals surface area contributed by atoms with Crippen molar-refractivity contribution in [3.8, 4) is 0 Å². The van der Waals surface area contributed by atoms with Gasteiger partial charge in [-0.15, -0.1) is 0 Å². The lowest BCUT2D eigenvalue weighted by molar-refractivity contribution is 0.0596. The molecule has 0 amide bonds. The zero-order valence-electron chi connectivity index (χ0n) is 10.3. The lowest BCUT2D eigenvalue weighted by Gasteiger charge is -2.03. The molecule has 0 bridgehead atoms. The summed E-state index contributed by atoms with van der Waals surface area (Å²) >= 11 is 0. The molecule has 0 aliphatic carbocycles. The Hall–Kier alpha value is -2.31. The van der Waals surface area contributed by atoms with Crippen LogP contribution in [-0.2, 0) is 24.8 Å². The number of ether oxygens (including phenoxy) is 1. The number of esters is 1. The first-order chi connectivity index (χ1) is 8.61. The van der Waals surface area contributed by atoms with Crippen molar-refractivity contribution in [1.82, 2.24) is 19.3 Å². The van der Waals surface area contributed by atoms with Crippen molar-refractivity contribution in [3.63, 3.8) is 0 Å². The smallest absolute Gasteiger partial charge is 0.360 e. The molecule has 0 aromatic carbocycles. The molecule has 0 radical (unpaired) electrons. The van der Waals surface area contributed by atoms with E-state index in [1.165, 1.54) is 13.4 Å². The number of imidazole rings is 1. The molecule has 2 aromatic rings. The Labute approximate surface area is 104 Å². The van der Waals surface area contributed by atoms with Crippen LogP contribution in [0, 0.1) is 0 Å². The first-order valence-electron chi connectivity index (χ1n) is 5.49. The maximum Gasteiger partial charge on any atom is 0.360 e. The van der Waals surface area contributed by atoms with Crippen LogP contribution < -0.4 is 5.73 Å². The second-order valence-corrected chi connectivity index (χ2v) is 3.89. The highest BCUT2D eigenvalue weighted by Crippen LogP contribution is 2.12. The van der Waals surface area contributed by atoms with Gasteiger partial charge < -0.3 is 15.0 Å². The Bertz CT molecular complexity index is 558. The summed E-state index contributed by atoms with van der Waals surface area (Å²) in [4.78, 5) is 15.3. The largest absolute Gasteiger partial charge is 0.464 e. The molecule has 7 heteroatoms. The van der Waals surface area contributed by atoms with Gasteiger partial charge in [0.2, 0.25) is 0 Å². The second-order valence-electron chi connectivity index (χ2n) is 3.89. The van der Waals surface area contributed by atoms with E-state index in [1.54, 1.807) is 9.25 Å². The zero-order valence-corrected chi connectivity index (χ0v) is 10.3. The Morgan fingerprint density at radius 3 is 2.94 bits per heavy atom. The van der Waals surface area contributed by atoms with E-state index in [4.69, 9.17) is 5.73 Å². The SMILES string of the molecule is COC(=O)c1ncn(CCc2ccn(C)n2)c1N. The molecule has 0 aliphatic heterocycles. The van der Waals surface area contributed by atoms with Crippen LogP contribution in [-0.4, -0.2) is 32.4 Å². The molecule has 0 spiro atoms. The lowest BCUT2D eigenvalue weighted by Crippen LogP contribution is -2.09. The van der Waals surface area contributed by atoms with Gasteiger partial charge in [-0.05, 0) is 6.07 Å². The van der Waals surface area contributed by atoms with Gasteiger partial charge >= 0.3 is 5.97 Å². The number of aryl methyl sites for hydroxylation is 3. The number of nitrogens with zero attached hydrogens (tertiary/aromatic N) is 4. The predicted molar refractivity (Wildman–Crippen MR) is 64.9 cm³/mol. The first-order valence-corrected chi connectivity index (χ1v) is 5.49. The van der Waals surface area contributed by atoms with Gasteiger partial charge in [-0.25, -0.2) is 9.78 Å². The van der Waals surface area contributed by atoms with Gasteiger partial charge in [-0.3, -0.25) is 4.68 Å². The van der Waals surface area contributed by atoms with E-state index in [2.05, 4.69) is 14.8 Å². The van der Waals surface area contributed by atoms with Crippen LogP contribution >= 0.6 is 0 Å². The van der Waals surface area contributed by atoms with Crippen LogP contribution in [0.5, 0.6) is 0 Å². The third-order valence-electron chi connectivity index (χ3n) is 2.63. The molecule has 96 valence electrons. The highest BCUT2D eigenvalue weighted by atomic mass is 16.5. The number of rotatable bonds is 4. The van der Waals surface area contributed by atoms with Crippen LogP contribution in [0.3, 0.4) is 0 Å². The molecule has 2 N–H and O–H groups in total. The van der Waals surface area contributed by atoms with Crippen LogP contribution in [0.15, 0.2) is 18.6 Å². The molecule has 18 heavy (non-hydrogen) atoms. The van der Waals surface area contributed by atoms with E-state index in [-0.39, 0.29) is 5.69 Å². The first kappa shape index (κ1) is 12.2. The molecular formula is C11H15N5O2. The van der Waals surface area contributed by atoms with Crippen LogP contribution in [0.25, 0.3) is 0 Å². The van der Waals surface area contributed by atoms with Gasteiger partial charge in [-0.1, -0.05) is 0 Å². The zero-order chi connectivity index (χ0) is 13.1. The minimum absolute atomic E-state index is 0.151. The Kier molecular flexibility index (Phi) is 3.31. The Morgan fingerprint density at radius 1 is 1.56 bits per heavy atom. The summed E-state index contributed by atoms with van der Waals surface area (Å²) in [6, 6.07) is 1.94. The van der Waals surface area contributed by atoms with Gasteiger partial charge in [0.1, 0.15) is 5.82 Å². The van der Waals surface area contributed by atoms with E-state index in [9.17, 15) is 4.79 Å². The third-order valence-corrected chi connectivity index (χ3v) is 2.63. The Morgan fingerprint density at radius 2 is 2.33 bits per heavy atom. The van der Waals surface area contributed by atoms with E-state index >= 15 is 0 Å². The fourth-order valence-electron chi connectivity index (χ4n) is 1.66. The summed E-state index contributed by atoms with van der Waals surface area (Å²) in [6.07, 6.45) is 4.14. The predicted octanol–water partition coefficient (Wildman–Crippen LogP) is 0.228. The highest BCUT2D eigenvalue weighted by molar-refractivity contribution is 5.91. The van der Waals surface area contributed by atoms with Crippen molar-refractivity contribution in [2.75, 3.05) is 12.8 Å². The molecular weight excluding hydrogens is 234 g/mol. The van der Waals surface area contributed by atoms with Gasteiger partial charge in [-0.2, -0.15) is 5.10 Å². The maximum absolute atomic E-state index is 11.3. The molecule has 2 heterocycles. The van der Waals surface area contributed by atoms with Crippen molar-refractivity contribution in [1.29, 1.82) is 0 Å². The molecule has 0 atom stereocenters. The summed E-state index contributed by atoms with van der Waals surface area (Å²) < 4.78 is 8.04. The molecule has 0 saturated carbocycles. The van der Waals surface area contributed by atoms with Crippen molar-refractivity contribution >= 4 is 11.8 Å². The minimum Gasteiger partial charge on any atom is -0.464 e. The molecule has 0 aliphatic rings. The number of carbonyl (C=O) groups is 1. The van der Waals surface area contributed by atoms with Gasteiger partial charge in [0.15, 0.2) is 5.69 Å². The molecule has 0 unspecified atom stereocenters. The monoisotopic (exact) mass is 249 g/mol. The van der Waals surface area contributed by atoms with Crippen LogP contribution in [0.1, 0.15) is 16.2 Å². The van der Waals surface area contributed by atoms with Crippen molar-refractivity contribution in [2.24, 2.45) is 7.05 Å². The molecule has 2 aromatic heterocycles. The number of carbonyl (C=O) groups excluding carboxylic acids is 1. The van der Waals surface area contributed by atoms with E-state index in [0.717, 1.165) is 12.1 Å². The third kappa shape index (κ3) is 2.34. The normalized spacial score (nSPS) is 10.6. The summed E-state index contributed by atoms with van der Waals surface area (Å²) in [7, 11) is 3.17. The van der Waals surface area contributed by atoms with Gasteiger partial charge in [0.25, 0.3) is 0 Å². The molecule has 7 nitrogen and oxygen atoms in total. The summed E-state index contributed by atoms with van der Waals surface area (Å²) in [5.41, 5.74) is 6.94. The van der Waals surface area contributed by atoms with Crippen LogP contribution in [0.4, 0.5) is 5.82 Å². The van der Waals surface area contributed by atoms with Gasteiger partial charge in [0.05, 0.1) is 19.1 Å². The van der Waals surface area contributed by atoms with E-state index < -0.39 is 5.97 Å². The number of anilines is 1. The molecule has 0 saturated heterocycles. The highest BCUT2D eigenvalue weighted by Gasteiger charge is 2.15. The second kappa shape index (κ2) is 4.91. The number of nitrogen functional groups attached to an aromatic ring is 1. The quantitative estimate of drug-likeness (QED) is 0.783. The number of aromatic nitrogens is 4. The number of nitrogens with two attached hydrogens (primary N) is 1. The topological polar surface area (TPSA) is 88.0 Å². The van der Waals surface area contributed by atoms with Crippen molar-refractivity contribution < 1.29 is 9.53 Å². The average molecular weight is 249 g/mol. The van der Waals surface area contributed by atoms with E-state index in [1.807, 2.05) is 19.3 Å². The minimum atomic E-state index is -0.524. The van der Waals surface area contributed by atoms with Crippen molar-refractivity contribution in [2.45, 2.75) is 13.0 Å². The Balaban J connectivity index is 2.06. The fraction of sp³-hybridized carbons (Fsp3) is 0.364. The van der Waals surface area contributed by atoms with Gasteiger partial charge in [0, 0.05) is 26.2 Å². The molecule has 0 fully saturated rings. The summed E-state index contributed by atoms with van der Waals surface area (Å²) in [5.74, 6) is -0.207. The average Bonchev–Trinajstić information content (AvgIpc) is 2.92. The maximum atomic E-state index is 11.3. The standard InChI is InChI=1S/C11H15N5O2/c1-15-5-3-8(14-15)4-6-16-7-13-9(10(16)12)11(17)18-2/h3,5,7H,4,6,12H2,1-2H3. The number of methoxy groups -OCH3 is 1. The van der Waals surface area contributed by atoms with Crippen molar-refractivity contribution in [3.05, 3.63) is 30.0 Å². The summed E-state index contributed by atoms with van der Waals surface area (Å²) in [6.45, 7) is 0.618. The summed E-state index contributed by atoms with van der Waals surface area (Å²) in [5, 5.41) is 4.26. The number of hydrogen-bond donors (Lipinski definition) is 1. The molecule has 2 rings (SSSR count). The number of hydrogen-bond acceptors (Lipinski definition) is 5.